The van der Waals surface area contributed by atoms with Gasteiger partial charge in [-0.25, -0.2) is 0 Å². The van der Waals surface area contributed by atoms with Gasteiger partial charge in [-0.05, 0) is 16.8 Å². The second-order valence-corrected chi connectivity index (χ2v) is 2.76. The molecule has 0 amide bonds. The van der Waals surface area contributed by atoms with E-state index < -0.39 is 0 Å². The summed E-state index contributed by atoms with van der Waals surface area (Å²) in [6, 6.07) is 11.2. The Morgan fingerprint density at radius 1 is 1.00 bits per heavy atom. The number of phenolic OH excluding ortho intramolecular Hbond substituents is 1. The Morgan fingerprint density at radius 3 is 2.25 bits per heavy atom. The van der Waals surface area contributed by atoms with Crippen molar-refractivity contribution in [3.05, 3.63) is 36.4 Å². The van der Waals surface area contributed by atoms with Crippen LogP contribution in [0.2, 0.25) is 0 Å². The summed E-state index contributed by atoms with van der Waals surface area (Å²) in [6.45, 7) is 0. The minimum atomic E-state index is 0.147. The summed E-state index contributed by atoms with van der Waals surface area (Å²) in [5.74, 6) is 0.147. The van der Waals surface area contributed by atoms with Crippen LogP contribution in [0.4, 0.5) is 0 Å². The third-order valence-corrected chi connectivity index (χ3v) is 1.90. The maximum Gasteiger partial charge on any atom is 0.119 e. The van der Waals surface area contributed by atoms with Crippen LogP contribution in [-0.2, 0) is 0 Å². The van der Waals surface area contributed by atoms with E-state index in [9.17, 15) is 5.11 Å². The Labute approximate surface area is 72.1 Å². The Bertz CT molecular complexity index is 383. The van der Waals surface area contributed by atoms with E-state index in [1.165, 1.54) is 0 Å². The number of benzene rings is 2. The van der Waals surface area contributed by atoms with Gasteiger partial charge in [0, 0.05) is 0 Å². The zero-order valence-electron chi connectivity index (χ0n) is 6.49. The third kappa shape index (κ3) is 1.05. The van der Waals surface area contributed by atoms with Crippen LogP contribution in [0.3, 0.4) is 0 Å². The fourth-order valence-electron chi connectivity index (χ4n) is 1.25. The van der Waals surface area contributed by atoms with Crippen molar-refractivity contribution in [2.24, 2.45) is 0 Å². The summed E-state index contributed by atoms with van der Waals surface area (Å²) in [5.41, 5.74) is 0.425. The maximum absolute atomic E-state index is 9.29. The lowest BCUT2D eigenvalue weighted by Crippen LogP contribution is -2.01. The molecule has 0 atom stereocenters. The molecular formula is C10H7BO. The van der Waals surface area contributed by atoms with Crippen LogP contribution in [0.15, 0.2) is 36.4 Å². The van der Waals surface area contributed by atoms with Crippen molar-refractivity contribution in [3.8, 4) is 5.75 Å². The summed E-state index contributed by atoms with van der Waals surface area (Å²) in [6.07, 6.45) is 0. The number of hydrogen-bond donors (Lipinski definition) is 1. The molecule has 2 radical (unpaired) electrons. The van der Waals surface area contributed by atoms with Crippen molar-refractivity contribution in [3.63, 3.8) is 0 Å². The molecule has 0 aliphatic carbocycles. The molecule has 0 bridgehead atoms. The SMILES string of the molecule is [B]c1cc2ccccc2cc1O. The summed E-state index contributed by atoms with van der Waals surface area (Å²) >= 11 is 0. The van der Waals surface area contributed by atoms with Gasteiger partial charge in [-0.2, -0.15) is 0 Å². The molecule has 56 valence electrons. The van der Waals surface area contributed by atoms with Crippen molar-refractivity contribution in [2.75, 3.05) is 0 Å². The van der Waals surface area contributed by atoms with Gasteiger partial charge in [0.15, 0.2) is 0 Å². The average molecular weight is 154 g/mol. The van der Waals surface area contributed by atoms with E-state index in [0.717, 1.165) is 10.8 Å². The molecule has 0 spiro atoms. The van der Waals surface area contributed by atoms with Crippen LogP contribution in [0.25, 0.3) is 10.8 Å². The summed E-state index contributed by atoms with van der Waals surface area (Å²) in [4.78, 5) is 0. The molecule has 2 aromatic carbocycles. The molecule has 12 heavy (non-hydrogen) atoms. The molecule has 2 heteroatoms. The standard InChI is InChI=1S/C10H7BO/c11-9-5-7-3-1-2-4-8(7)6-10(9)12/h1-6,12H. The van der Waals surface area contributed by atoms with E-state index in [1.807, 2.05) is 24.3 Å². The van der Waals surface area contributed by atoms with Crippen molar-refractivity contribution < 1.29 is 5.11 Å². The second kappa shape index (κ2) is 2.56. The van der Waals surface area contributed by atoms with Crippen LogP contribution in [0.1, 0.15) is 0 Å². The summed E-state index contributed by atoms with van der Waals surface area (Å²) in [5, 5.41) is 11.3. The van der Waals surface area contributed by atoms with E-state index in [4.69, 9.17) is 7.85 Å². The molecule has 0 saturated carbocycles. The lowest BCUT2D eigenvalue weighted by Gasteiger charge is -2.01. The fourth-order valence-corrected chi connectivity index (χ4v) is 1.25. The number of aromatic hydroxyl groups is 1. The van der Waals surface area contributed by atoms with Crippen LogP contribution in [0, 0.1) is 0 Å². The molecule has 0 heterocycles. The average Bonchev–Trinajstić information content (AvgIpc) is 2.07. The lowest BCUT2D eigenvalue weighted by molar-refractivity contribution is 0.480. The van der Waals surface area contributed by atoms with Gasteiger partial charge in [-0.15, -0.1) is 0 Å². The van der Waals surface area contributed by atoms with E-state index in [2.05, 4.69) is 0 Å². The monoisotopic (exact) mass is 154 g/mol. The van der Waals surface area contributed by atoms with Gasteiger partial charge in [0.2, 0.25) is 0 Å². The van der Waals surface area contributed by atoms with Gasteiger partial charge >= 0.3 is 0 Å². The number of fused-ring (bicyclic) bond motifs is 1. The molecule has 1 nitrogen and oxygen atoms in total. The normalized spacial score (nSPS) is 10.3. The van der Waals surface area contributed by atoms with E-state index in [-0.39, 0.29) is 5.75 Å². The Balaban J connectivity index is 2.84. The van der Waals surface area contributed by atoms with Gasteiger partial charge in [-0.1, -0.05) is 35.8 Å². The zero-order chi connectivity index (χ0) is 8.55. The topological polar surface area (TPSA) is 20.2 Å². The predicted octanol–water partition coefficient (Wildman–Crippen LogP) is 1.34. The first-order chi connectivity index (χ1) is 5.77. The highest BCUT2D eigenvalue weighted by Crippen LogP contribution is 2.16. The van der Waals surface area contributed by atoms with Gasteiger partial charge in [0.05, 0.1) is 0 Å². The molecule has 0 aromatic heterocycles. The van der Waals surface area contributed by atoms with Gasteiger partial charge < -0.3 is 5.11 Å². The first-order valence-corrected chi connectivity index (χ1v) is 3.74. The maximum atomic E-state index is 9.29. The molecule has 2 aromatic rings. The fraction of sp³-hybridized carbons (Fsp3) is 0. The number of hydrogen-bond acceptors (Lipinski definition) is 1. The Kier molecular flexibility index (Phi) is 1.54. The largest absolute Gasteiger partial charge is 0.509 e. The van der Waals surface area contributed by atoms with Crippen molar-refractivity contribution >= 4 is 24.1 Å². The Morgan fingerprint density at radius 2 is 1.58 bits per heavy atom. The molecule has 0 unspecified atom stereocenters. The predicted molar refractivity (Wildman–Crippen MR) is 51.0 cm³/mol. The van der Waals surface area contributed by atoms with Crippen LogP contribution >= 0.6 is 0 Å². The molecule has 2 rings (SSSR count). The molecular weight excluding hydrogens is 147 g/mol. The molecule has 0 saturated heterocycles. The van der Waals surface area contributed by atoms with Crippen LogP contribution < -0.4 is 5.46 Å². The van der Waals surface area contributed by atoms with Gasteiger partial charge in [0.25, 0.3) is 0 Å². The van der Waals surface area contributed by atoms with Gasteiger partial charge in [0.1, 0.15) is 13.6 Å². The summed E-state index contributed by atoms with van der Waals surface area (Å²) < 4.78 is 0. The molecule has 0 aliphatic rings. The molecule has 1 N–H and O–H groups in total. The second-order valence-electron chi connectivity index (χ2n) is 2.76. The Hall–Kier alpha value is -1.44. The highest BCUT2D eigenvalue weighted by atomic mass is 16.3. The first kappa shape index (κ1) is 7.23. The van der Waals surface area contributed by atoms with Crippen LogP contribution in [-0.4, -0.2) is 13.0 Å². The minimum absolute atomic E-state index is 0.147. The molecule has 0 aliphatic heterocycles. The molecule has 0 fully saturated rings. The highest BCUT2D eigenvalue weighted by Gasteiger charge is 1.97. The highest BCUT2D eigenvalue weighted by molar-refractivity contribution is 6.35. The van der Waals surface area contributed by atoms with Gasteiger partial charge in [-0.3, -0.25) is 0 Å². The smallest absolute Gasteiger partial charge is 0.119 e. The van der Waals surface area contributed by atoms with Crippen molar-refractivity contribution in [1.29, 1.82) is 0 Å². The van der Waals surface area contributed by atoms with Crippen molar-refractivity contribution in [2.45, 2.75) is 0 Å². The van der Waals surface area contributed by atoms with Crippen LogP contribution in [0.5, 0.6) is 5.75 Å². The minimum Gasteiger partial charge on any atom is -0.509 e. The first-order valence-electron chi connectivity index (χ1n) is 3.74. The van der Waals surface area contributed by atoms with Crippen molar-refractivity contribution in [1.82, 2.24) is 0 Å². The number of rotatable bonds is 0. The van der Waals surface area contributed by atoms with E-state index in [0.29, 0.717) is 5.46 Å². The van der Waals surface area contributed by atoms with E-state index >= 15 is 0 Å². The third-order valence-electron chi connectivity index (χ3n) is 1.90. The quantitative estimate of drug-likeness (QED) is 0.567. The lowest BCUT2D eigenvalue weighted by atomic mass is 9.92. The van der Waals surface area contributed by atoms with E-state index in [1.54, 1.807) is 12.1 Å². The number of phenols is 1. The zero-order valence-corrected chi connectivity index (χ0v) is 6.49. The summed E-state index contributed by atoms with van der Waals surface area (Å²) in [7, 11) is 5.54.